The van der Waals surface area contributed by atoms with Crippen molar-refractivity contribution in [2.45, 2.75) is 13.0 Å². The van der Waals surface area contributed by atoms with Crippen LogP contribution in [0, 0.1) is 0 Å². The Morgan fingerprint density at radius 3 is 2.72 bits per heavy atom. The molecular formula is C20H19N5. The molecule has 3 heterocycles. The molecule has 0 bridgehead atoms. The number of hydrogen-bond donors (Lipinski definition) is 2. The first-order valence-electron chi connectivity index (χ1n) is 8.22. The van der Waals surface area contributed by atoms with Crippen molar-refractivity contribution in [2.24, 2.45) is 0 Å². The Hall–Kier alpha value is -3.34. The smallest absolute Gasteiger partial charge is 0.127 e. The lowest BCUT2D eigenvalue weighted by Crippen LogP contribution is -2.07. The third-order valence-corrected chi connectivity index (χ3v) is 4.23. The maximum atomic E-state index is 5.92. The molecule has 5 nitrogen and oxygen atoms in total. The molecule has 4 aromatic rings. The summed E-state index contributed by atoms with van der Waals surface area (Å²) in [5.74, 6) is 0.831. The third kappa shape index (κ3) is 3.04. The van der Waals surface area contributed by atoms with Crippen LogP contribution in [0.3, 0.4) is 0 Å². The van der Waals surface area contributed by atoms with Crippen LogP contribution in [0.1, 0.15) is 18.5 Å². The van der Waals surface area contributed by atoms with Crippen molar-refractivity contribution in [2.75, 3.05) is 11.1 Å². The molecule has 1 aromatic carbocycles. The fourth-order valence-corrected chi connectivity index (χ4v) is 2.91. The maximum absolute atomic E-state index is 5.92. The summed E-state index contributed by atoms with van der Waals surface area (Å²) in [5.41, 5.74) is 10.6. The van der Waals surface area contributed by atoms with Crippen LogP contribution < -0.4 is 11.1 Å². The number of anilines is 2. The molecule has 0 spiro atoms. The predicted octanol–water partition coefficient (Wildman–Crippen LogP) is 4.15. The summed E-state index contributed by atoms with van der Waals surface area (Å²) in [4.78, 5) is 4.76. The van der Waals surface area contributed by atoms with E-state index in [0.29, 0.717) is 5.69 Å². The predicted molar refractivity (Wildman–Crippen MR) is 101 cm³/mol. The Morgan fingerprint density at radius 1 is 1.04 bits per heavy atom. The molecule has 1 atom stereocenters. The number of nitrogens with one attached hydrogen (secondary N) is 1. The van der Waals surface area contributed by atoms with Gasteiger partial charge in [-0.15, -0.1) is 0 Å². The van der Waals surface area contributed by atoms with E-state index >= 15 is 0 Å². The molecule has 0 aliphatic rings. The molecule has 124 valence electrons. The molecule has 0 fully saturated rings. The summed E-state index contributed by atoms with van der Waals surface area (Å²) in [6.07, 6.45) is 3.68. The van der Waals surface area contributed by atoms with Gasteiger partial charge in [0.2, 0.25) is 0 Å². The van der Waals surface area contributed by atoms with E-state index < -0.39 is 0 Å². The highest BCUT2D eigenvalue weighted by atomic mass is 15.2. The first-order chi connectivity index (χ1) is 12.2. The Morgan fingerprint density at radius 2 is 1.88 bits per heavy atom. The Balaban J connectivity index is 1.66. The van der Waals surface area contributed by atoms with E-state index in [0.717, 1.165) is 22.6 Å². The second-order valence-electron chi connectivity index (χ2n) is 6.03. The Bertz CT molecular complexity index is 1010. The van der Waals surface area contributed by atoms with E-state index in [1.807, 2.05) is 60.9 Å². The molecule has 0 unspecified atom stereocenters. The van der Waals surface area contributed by atoms with E-state index in [-0.39, 0.29) is 6.04 Å². The van der Waals surface area contributed by atoms with E-state index in [9.17, 15) is 0 Å². The van der Waals surface area contributed by atoms with Crippen molar-refractivity contribution in [3.05, 3.63) is 78.6 Å². The average molecular weight is 329 g/mol. The largest absolute Gasteiger partial charge is 0.399 e. The summed E-state index contributed by atoms with van der Waals surface area (Å²) in [6.45, 7) is 2.12. The molecule has 25 heavy (non-hydrogen) atoms. The van der Waals surface area contributed by atoms with E-state index in [1.54, 1.807) is 4.52 Å². The summed E-state index contributed by atoms with van der Waals surface area (Å²) in [5, 5.41) is 7.83. The van der Waals surface area contributed by atoms with E-state index in [2.05, 4.69) is 29.5 Å². The van der Waals surface area contributed by atoms with Crippen LogP contribution in [0.5, 0.6) is 0 Å². The van der Waals surface area contributed by atoms with Crippen molar-refractivity contribution >= 4 is 17.0 Å². The van der Waals surface area contributed by atoms with Crippen molar-refractivity contribution in [3.63, 3.8) is 0 Å². The first kappa shape index (κ1) is 15.2. The van der Waals surface area contributed by atoms with Crippen molar-refractivity contribution in [1.82, 2.24) is 14.6 Å². The topological polar surface area (TPSA) is 68.2 Å². The minimum atomic E-state index is 0.170. The maximum Gasteiger partial charge on any atom is 0.127 e. The lowest BCUT2D eigenvalue weighted by atomic mass is 10.1. The number of nitrogen functional groups attached to an aromatic ring is 1. The van der Waals surface area contributed by atoms with Crippen LogP contribution >= 0.6 is 0 Å². The molecule has 3 N–H and O–H groups in total. The highest BCUT2D eigenvalue weighted by Crippen LogP contribution is 2.26. The fraction of sp³-hybridized carbons (Fsp3) is 0.100. The van der Waals surface area contributed by atoms with Gasteiger partial charge in [-0.2, -0.15) is 5.10 Å². The molecule has 0 radical (unpaired) electrons. The molecular weight excluding hydrogens is 310 g/mol. The van der Waals surface area contributed by atoms with Gasteiger partial charge in [0.15, 0.2) is 0 Å². The number of pyridine rings is 2. The molecule has 0 saturated carbocycles. The SMILES string of the molecule is C[C@H](Nc1cccc(-c2cnn3ccc(N)cc23)n1)c1ccccc1. The lowest BCUT2D eigenvalue weighted by molar-refractivity contribution is 0.875. The average Bonchev–Trinajstić information content (AvgIpc) is 3.05. The van der Waals surface area contributed by atoms with Gasteiger partial charge < -0.3 is 11.1 Å². The fourth-order valence-electron chi connectivity index (χ4n) is 2.91. The van der Waals surface area contributed by atoms with Crippen LogP contribution in [0.4, 0.5) is 11.5 Å². The molecule has 3 aromatic heterocycles. The van der Waals surface area contributed by atoms with Gasteiger partial charge in [0.25, 0.3) is 0 Å². The number of fused-ring (bicyclic) bond motifs is 1. The van der Waals surface area contributed by atoms with Crippen LogP contribution in [-0.2, 0) is 0 Å². The summed E-state index contributed by atoms with van der Waals surface area (Å²) >= 11 is 0. The normalized spacial score (nSPS) is 12.2. The number of nitrogens with two attached hydrogens (primary N) is 1. The quantitative estimate of drug-likeness (QED) is 0.590. The van der Waals surface area contributed by atoms with Crippen LogP contribution in [-0.4, -0.2) is 14.6 Å². The molecule has 0 amide bonds. The van der Waals surface area contributed by atoms with E-state index in [1.165, 1.54) is 5.56 Å². The van der Waals surface area contributed by atoms with Gasteiger partial charge in [-0.3, -0.25) is 0 Å². The van der Waals surface area contributed by atoms with Crippen LogP contribution in [0.15, 0.2) is 73.1 Å². The summed E-state index contributed by atoms with van der Waals surface area (Å²) in [7, 11) is 0. The highest BCUT2D eigenvalue weighted by molar-refractivity contribution is 5.80. The highest BCUT2D eigenvalue weighted by Gasteiger charge is 2.10. The molecule has 5 heteroatoms. The van der Waals surface area contributed by atoms with Gasteiger partial charge in [0.05, 0.1) is 17.4 Å². The number of hydrogen-bond acceptors (Lipinski definition) is 4. The molecule has 0 aliphatic heterocycles. The van der Waals surface area contributed by atoms with Gasteiger partial charge in [-0.05, 0) is 36.8 Å². The number of aromatic nitrogens is 3. The van der Waals surface area contributed by atoms with Gasteiger partial charge in [0, 0.05) is 23.5 Å². The number of benzene rings is 1. The number of nitrogens with zero attached hydrogens (tertiary/aromatic N) is 3. The summed E-state index contributed by atoms with van der Waals surface area (Å²) < 4.78 is 1.81. The zero-order chi connectivity index (χ0) is 17.2. The van der Waals surface area contributed by atoms with Gasteiger partial charge in [-0.25, -0.2) is 9.50 Å². The van der Waals surface area contributed by atoms with Crippen molar-refractivity contribution in [3.8, 4) is 11.3 Å². The first-order valence-corrected chi connectivity index (χ1v) is 8.22. The van der Waals surface area contributed by atoms with Gasteiger partial charge in [0.1, 0.15) is 5.82 Å². The monoisotopic (exact) mass is 329 g/mol. The van der Waals surface area contributed by atoms with Gasteiger partial charge in [-0.1, -0.05) is 36.4 Å². The van der Waals surface area contributed by atoms with Gasteiger partial charge >= 0.3 is 0 Å². The van der Waals surface area contributed by atoms with Crippen molar-refractivity contribution < 1.29 is 0 Å². The second-order valence-corrected chi connectivity index (χ2v) is 6.03. The molecule has 4 rings (SSSR count). The zero-order valence-corrected chi connectivity index (χ0v) is 13.9. The number of rotatable bonds is 4. The van der Waals surface area contributed by atoms with Crippen LogP contribution in [0.25, 0.3) is 16.8 Å². The van der Waals surface area contributed by atoms with Crippen LogP contribution in [0.2, 0.25) is 0 Å². The third-order valence-electron chi connectivity index (χ3n) is 4.23. The zero-order valence-electron chi connectivity index (χ0n) is 13.9. The minimum absolute atomic E-state index is 0.170. The lowest BCUT2D eigenvalue weighted by Gasteiger charge is -2.15. The minimum Gasteiger partial charge on any atom is -0.399 e. The standard InChI is InChI=1S/C20H19N5/c1-14(15-6-3-2-4-7-15)23-20-9-5-8-18(24-20)17-13-22-25-11-10-16(21)12-19(17)25/h2-14H,21H2,1H3,(H,23,24)/t14-/m0/s1. The van der Waals surface area contributed by atoms with E-state index in [4.69, 9.17) is 10.7 Å². The van der Waals surface area contributed by atoms with Crippen molar-refractivity contribution in [1.29, 1.82) is 0 Å². The summed E-state index contributed by atoms with van der Waals surface area (Å²) in [6, 6.07) is 20.2. The molecule has 0 aliphatic carbocycles. The second kappa shape index (κ2) is 6.28. The Labute approximate surface area is 146 Å². The Kier molecular flexibility index (Phi) is 3.82. The molecule has 0 saturated heterocycles.